The highest BCUT2D eigenvalue weighted by Gasteiger charge is 2.52. The predicted octanol–water partition coefficient (Wildman–Crippen LogP) is -0.829. The fourth-order valence-corrected chi connectivity index (χ4v) is 4.71. The summed E-state index contributed by atoms with van der Waals surface area (Å²) in [5, 5.41) is -1.26. The van der Waals surface area contributed by atoms with Crippen LogP contribution in [0.1, 0.15) is 12.8 Å². The fourth-order valence-electron chi connectivity index (χ4n) is 1.40. The van der Waals surface area contributed by atoms with Crippen LogP contribution in [0.5, 0.6) is 0 Å². The molecular formula is C6H14NO7P2S+. The molecule has 0 aliphatic carbocycles. The Morgan fingerprint density at radius 1 is 1.24 bits per heavy atom. The summed E-state index contributed by atoms with van der Waals surface area (Å²) in [6.07, 6.45) is 0.659. The molecule has 17 heavy (non-hydrogen) atoms. The Bertz CT molecular complexity index is 376. The molecular weight excluding hydrogens is 292 g/mol. The van der Waals surface area contributed by atoms with Crippen molar-refractivity contribution in [3.63, 3.8) is 0 Å². The van der Waals surface area contributed by atoms with Crippen LogP contribution >= 0.6 is 15.5 Å². The molecule has 1 saturated heterocycles. The summed E-state index contributed by atoms with van der Waals surface area (Å²) in [5.74, 6) is 0.687. The molecule has 0 aromatic carbocycles. The molecule has 5 N–H and O–H groups in total. The molecule has 0 saturated carbocycles. The first-order chi connectivity index (χ1) is 7.60. The minimum atomic E-state index is -5.01. The van der Waals surface area contributed by atoms with E-state index in [1.165, 1.54) is 0 Å². The average Bonchev–Trinajstić information content (AvgIpc) is 2.13. The second-order valence-electron chi connectivity index (χ2n) is 3.62. The fraction of sp³-hybridized carbons (Fsp3) is 0.833. The van der Waals surface area contributed by atoms with Crippen molar-refractivity contribution < 1.29 is 33.2 Å². The maximum atomic E-state index is 11.1. The molecule has 0 spiro atoms. The first-order valence-corrected chi connectivity index (χ1v) is 9.42. The maximum absolute atomic E-state index is 11.1. The van der Waals surface area contributed by atoms with Crippen LogP contribution in [0.15, 0.2) is 4.99 Å². The van der Waals surface area contributed by atoms with Gasteiger partial charge in [-0.1, -0.05) is 0 Å². The van der Waals surface area contributed by atoms with Gasteiger partial charge in [-0.25, -0.2) is 9.56 Å². The molecule has 0 unspecified atom stereocenters. The predicted molar refractivity (Wildman–Crippen MR) is 64.0 cm³/mol. The summed E-state index contributed by atoms with van der Waals surface area (Å²) >= 11 is 0. The van der Waals surface area contributed by atoms with Gasteiger partial charge in [0.1, 0.15) is 0 Å². The summed E-state index contributed by atoms with van der Waals surface area (Å²) in [5.41, 5.74) is 0. The molecule has 1 heterocycles. The van der Waals surface area contributed by atoms with Crippen molar-refractivity contribution in [1.29, 1.82) is 0 Å². The quantitative estimate of drug-likeness (QED) is 0.337. The first-order valence-electron chi connectivity index (χ1n) is 4.67. The second kappa shape index (κ2) is 5.50. The molecule has 0 aromatic rings. The molecule has 0 aromatic heterocycles. The lowest BCUT2D eigenvalue weighted by Gasteiger charge is -2.18. The van der Waals surface area contributed by atoms with Gasteiger partial charge in [0.15, 0.2) is 0 Å². The molecule has 0 bridgehead atoms. The van der Waals surface area contributed by atoms with E-state index in [4.69, 9.17) is 24.5 Å². The third-order valence-corrected chi connectivity index (χ3v) is 6.44. The van der Waals surface area contributed by atoms with Crippen LogP contribution in [0.25, 0.3) is 0 Å². The maximum Gasteiger partial charge on any atom is 0.469 e. The van der Waals surface area contributed by atoms with Gasteiger partial charge in [0.05, 0.1) is 6.04 Å². The number of rotatable bonds is 3. The molecule has 1 fully saturated rings. The van der Waals surface area contributed by atoms with Crippen LogP contribution in [-0.2, 0) is 15.4 Å². The van der Waals surface area contributed by atoms with E-state index >= 15 is 0 Å². The molecule has 11 heteroatoms. The Balaban J connectivity index is 2.92. The van der Waals surface area contributed by atoms with E-state index in [0.29, 0.717) is 24.3 Å². The molecule has 100 valence electrons. The highest BCUT2D eigenvalue weighted by atomic mass is 32.2. The zero-order valence-corrected chi connectivity index (χ0v) is 11.3. The van der Waals surface area contributed by atoms with Gasteiger partial charge in [-0.15, -0.1) is 0 Å². The average molecular weight is 306 g/mol. The molecule has 8 nitrogen and oxygen atoms in total. The summed E-state index contributed by atoms with van der Waals surface area (Å²) in [6, 6.07) is -0.554. The molecule has 0 atom stereocenters. The van der Waals surface area contributed by atoms with Gasteiger partial charge >= 0.3 is 20.7 Å². The zero-order chi connectivity index (χ0) is 13.3. The highest BCUT2D eigenvalue weighted by Crippen LogP contribution is 2.60. The van der Waals surface area contributed by atoms with Crippen LogP contribution in [0, 0.1) is 0 Å². The summed E-state index contributed by atoms with van der Waals surface area (Å²) in [4.78, 5) is 48.1. The Labute approximate surface area is 101 Å². The number of nitrogens with zero attached hydrogens (tertiary/aromatic N) is 1. The Kier molecular flexibility index (Phi) is 4.97. The van der Waals surface area contributed by atoms with Gasteiger partial charge in [-0.2, -0.15) is 14.7 Å². The van der Waals surface area contributed by atoms with Gasteiger partial charge in [-0.05, 0) is 12.8 Å². The Morgan fingerprint density at radius 2 is 1.71 bits per heavy atom. The van der Waals surface area contributed by atoms with Crippen LogP contribution in [0.4, 0.5) is 0 Å². The first kappa shape index (κ1) is 15.3. The third kappa shape index (κ3) is 4.81. The van der Waals surface area contributed by atoms with Crippen LogP contribution in [0.3, 0.4) is 0 Å². The van der Waals surface area contributed by atoms with E-state index in [0.717, 1.165) is 0 Å². The molecule has 0 amide bonds. The zero-order valence-electron chi connectivity index (χ0n) is 8.71. The van der Waals surface area contributed by atoms with Crippen molar-refractivity contribution in [2.45, 2.75) is 18.9 Å². The smallest absolute Gasteiger partial charge is 0.317 e. The largest absolute Gasteiger partial charge is 0.469 e. The minimum Gasteiger partial charge on any atom is -0.317 e. The van der Waals surface area contributed by atoms with Crippen molar-refractivity contribution in [3.8, 4) is 0 Å². The van der Waals surface area contributed by atoms with Gasteiger partial charge in [0.2, 0.25) is 0 Å². The topological polar surface area (TPSA) is 148 Å². The Morgan fingerprint density at radius 3 is 2.06 bits per heavy atom. The second-order valence-corrected chi connectivity index (χ2v) is 8.74. The molecule has 1 aliphatic heterocycles. The van der Waals surface area contributed by atoms with Gasteiger partial charge < -0.3 is 9.79 Å². The van der Waals surface area contributed by atoms with Crippen LogP contribution in [-0.4, -0.2) is 51.4 Å². The number of hydrogen-bond donors (Lipinski definition) is 5. The Hall–Kier alpha value is 0.280. The minimum absolute atomic E-state index is 0.329. The lowest BCUT2D eigenvalue weighted by molar-refractivity contribution is 0.348. The van der Waals surface area contributed by atoms with E-state index in [1.807, 2.05) is 0 Å². The number of hydrogen-bond acceptors (Lipinski definition) is 6. The van der Waals surface area contributed by atoms with E-state index in [2.05, 4.69) is 4.99 Å². The van der Waals surface area contributed by atoms with Crippen molar-refractivity contribution in [1.82, 2.24) is 0 Å². The third-order valence-electron chi connectivity index (χ3n) is 2.18. The van der Waals surface area contributed by atoms with E-state index < -0.39 is 37.6 Å². The summed E-state index contributed by atoms with van der Waals surface area (Å²) < 4.78 is 22.0. The SMILES string of the molecule is O=S1CCC(N=C(P(=O)(O)O)[P+](O)(O)O)CC1. The standard InChI is InChI=1S/C6H13NO7P2S/c8-15(9,10)6(16(11,12)13)7-5-1-3-17(14)4-2-5/h5,8-10H,1-4H2,(H-,11,12,13)/p+1. The summed E-state index contributed by atoms with van der Waals surface area (Å²) in [6.45, 7) is 0. The van der Waals surface area contributed by atoms with E-state index in [1.54, 1.807) is 0 Å². The monoisotopic (exact) mass is 306 g/mol. The van der Waals surface area contributed by atoms with Crippen LogP contribution in [0.2, 0.25) is 0 Å². The molecule has 1 rings (SSSR count). The van der Waals surface area contributed by atoms with Gasteiger partial charge in [-0.3, -0.25) is 4.21 Å². The summed E-state index contributed by atoms with van der Waals surface area (Å²) in [7, 11) is -10.8. The molecule has 0 radical (unpaired) electrons. The van der Waals surface area contributed by atoms with Crippen LogP contribution < -0.4 is 0 Å². The van der Waals surface area contributed by atoms with Gasteiger partial charge in [0.25, 0.3) is 0 Å². The van der Waals surface area contributed by atoms with Crippen molar-refractivity contribution in [2.24, 2.45) is 4.99 Å². The van der Waals surface area contributed by atoms with E-state index in [-0.39, 0.29) is 0 Å². The highest BCUT2D eigenvalue weighted by molar-refractivity contribution is 8.00. The van der Waals surface area contributed by atoms with Gasteiger partial charge in [0, 0.05) is 22.3 Å². The van der Waals surface area contributed by atoms with Crippen molar-refractivity contribution in [3.05, 3.63) is 0 Å². The van der Waals surface area contributed by atoms with Crippen molar-refractivity contribution in [2.75, 3.05) is 11.5 Å². The molecule has 1 aliphatic rings. The lowest BCUT2D eigenvalue weighted by atomic mass is 10.2. The normalized spacial score (nSPS) is 28.2. The lowest BCUT2D eigenvalue weighted by Crippen LogP contribution is -2.23. The number of aliphatic imine (C=N–C) groups is 1. The van der Waals surface area contributed by atoms with Crippen molar-refractivity contribution >= 4 is 31.5 Å². The van der Waals surface area contributed by atoms with E-state index in [9.17, 15) is 8.77 Å².